The Morgan fingerprint density at radius 2 is 1.83 bits per heavy atom. The Labute approximate surface area is 165 Å². The predicted octanol–water partition coefficient (Wildman–Crippen LogP) is 2.79. The fourth-order valence-electron chi connectivity index (χ4n) is 2.85. The molecule has 0 saturated carbocycles. The maximum Gasteiger partial charge on any atom is 0.417 e. The zero-order chi connectivity index (χ0) is 22.4. The van der Waals surface area contributed by atoms with Gasteiger partial charge < -0.3 is 15.4 Å². The molecule has 0 saturated heterocycles. The first-order valence-corrected chi connectivity index (χ1v) is 8.13. The summed E-state index contributed by atoms with van der Waals surface area (Å²) in [6, 6.07) is 2.45. The normalized spacial score (nSPS) is 11.5. The number of rotatable bonds is 3. The van der Waals surface area contributed by atoms with E-state index < -0.39 is 45.2 Å². The standard InChI is InChI=1S/C17H12F3N5O5/c1-7-3-10(17(18,19)20)14(8(2)24(7)28)16-22-11(6-21-23-16)9-4-12(25(29)30)15(27)13(26)5-9/h3-6,26-27H,1-2H3. The summed E-state index contributed by atoms with van der Waals surface area (Å²) < 4.78 is 41.0. The van der Waals surface area contributed by atoms with Gasteiger partial charge in [-0.15, -0.1) is 5.10 Å². The minimum atomic E-state index is -4.83. The lowest BCUT2D eigenvalue weighted by atomic mass is 10.0. The smallest absolute Gasteiger partial charge is 0.417 e. The molecule has 30 heavy (non-hydrogen) atoms. The van der Waals surface area contributed by atoms with Crippen LogP contribution in [0.5, 0.6) is 11.5 Å². The quantitative estimate of drug-likeness (QED) is 0.215. The molecule has 2 heterocycles. The van der Waals surface area contributed by atoms with E-state index in [2.05, 4.69) is 15.2 Å². The van der Waals surface area contributed by atoms with Crippen molar-refractivity contribution in [1.29, 1.82) is 0 Å². The third kappa shape index (κ3) is 3.52. The van der Waals surface area contributed by atoms with E-state index in [9.17, 15) is 38.7 Å². The van der Waals surface area contributed by atoms with Crippen molar-refractivity contribution < 1.29 is 33.0 Å². The number of phenolic OH excluding ortho intramolecular Hbond substituents is 2. The molecule has 1 aromatic carbocycles. The van der Waals surface area contributed by atoms with Crippen molar-refractivity contribution in [3.05, 3.63) is 56.7 Å². The van der Waals surface area contributed by atoms with Crippen LogP contribution in [0.25, 0.3) is 22.6 Å². The molecule has 10 nitrogen and oxygen atoms in total. The van der Waals surface area contributed by atoms with E-state index in [-0.39, 0.29) is 27.4 Å². The lowest BCUT2D eigenvalue weighted by molar-refractivity contribution is -0.618. The lowest BCUT2D eigenvalue weighted by Crippen LogP contribution is -2.36. The minimum absolute atomic E-state index is 0.110. The number of halogens is 3. The Morgan fingerprint density at radius 1 is 1.17 bits per heavy atom. The Hall–Kier alpha value is -4.03. The van der Waals surface area contributed by atoms with Crippen LogP contribution in [0.15, 0.2) is 24.4 Å². The van der Waals surface area contributed by atoms with E-state index in [4.69, 9.17) is 0 Å². The first-order chi connectivity index (χ1) is 13.9. The fraction of sp³-hybridized carbons (Fsp3) is 0.176. The second-order valence-electron chi connectivity index (χ2n) is 6.24. The third-order valence-electron chi connectivity index (χ3n) is 4.26. The van der Waals surface area contributed by atoms with Gasteiger partial charge in [0.25, 0.3) is 0 Å². The van der Waals surface area contributed by atoms with Gasteiger partial charge in [0.2, 0.25) is 11.4 Å². The van der Waals surface area contributed by atoms with Crippen LogP contribution >= 0.6 is 0 Å². The van der Waals surface area contributed by atoms with Crippen LogP contribution in [0.3, 0.4) is 0 Å². The molecule has 3 aromatic rings. The number of nitrogens with zero attached hydrogens (tertiary/aromatic N) is 5. The molecule has 2 N–H and O–H groups in total. The SMILES string of the molecule is Cc1cc(C(F)(F)F)c(-c2nncc(-c3cc(O)c(O)c([N+](=O)[O-])c3)n2)c(C)[n+]1[O-]. The molecule has 0 atom stereocenters. The number of aromatic nitrogens is 4. The molecule has 0 aliphatic heterocycles. The fourth-order valence-corrected chi connectivity index (χ4v) is 2.85. The van der Waals surface area contributed by atoms with Gasteiger partial charge in [-0.2, -0.15) is 23.0 Å². The molecule has 0 unspecified atom stereocenters. The van der Waals surface area contributed by atoms with Gasteiger partial charge in [-0.3, -0.25) is 10.1 Å². The zero-order valence-corrected chi connectivity index (χ0v) is 15.3. The molecule has 0 aliphatic carbocycles. The van der Waals surface area contributed by atoms with Gasteiger partial charge in [0.05, 0.1) is 22.4 Å². The van der Waals surface area contributed by atoms with Crippen LogP contribution < -0.4 is 4.73 Å². The molecule has 0 amide bonds. The minimum Gasteiger partial charge on any atom is -0.618 e. The average molecular weight is 423 g/mol. The molecule has 0 fully saturated rings. The number of nitro benzene ring substituents is 1. The molecular formula is C17H12F3N5O5. The van der Waals surface area contributed by atoms with Crippen LogP contribution in [0, 0.1) is 29.2 Å². The maximum absolute atomic E-state index is 13.6. The van der Waals surface area contributed by atoms with Crippen molar-refractivity contribution in [2.75, 3.05) is 0 Å². The zero-order valence-electron chi connectivity index (χ0n) is 15.3. The maximum atomic E-state index is 13.6. The molecule has 0 spiro atoms. The van der Waals surface area contributed by atoms with Gasteiger partial charge in [-0.1, -0.05) is 0 Å². The highest BCUT2D eigenvalue weighted by Gasteiger charge is 2.38. The first kappa shape index (κ1) is 20.7. The number of benzene rings is 1. The number of pyridine rings is 1. The summed E-state index contributed by atoms with van der Waals surface area (Å²) in [4.78, 5) is 14.0. The Morgan fingerprint density at radius 3 is 2.43 bits per heavy atom. The molecule has 0 radical (unpaired) electrons. The van der Waals surface area contributed by atoms with E-state index in [1.54, 1.807) is 0 Å². The lowest BCUT2D eigenvalue weighted by Gasteiger charge is -2.15. The summed E-state index contributed by atoms with van der Waals surface area (Å²) in [7, 11) is 0. The number of aromatic hydroxyl groups is 2. The number of aryl methyl sites for hydroxylation is 1. The van der Waals surface area contributed by atoms with E-state index in [0.29, 0.717) is 6.07 Å². The van der Waals surface area contributed by atoms with Crippen molar-refractivity contribution in [2.24, 2.45) is 0 Å². The van der Waals surface area contributed by atoms with Crippen molar-refractivity contribution in [3.63, 3.8) is 0 Å². The summed E-state index contributed by atoms with van der Waals surface area (Å²) >= 11 is 0. The molecular weight excluding hydrogens is 411 g/mol. The first-order valence-electron chi connectivity index (χ1n) is 8.13. The highest BCUT2D eigenvalue weighted by atomic mass is 19.4. The van der Waals surface area contributed by atoms with Gasteiger partial charge in [-0.25, -0.2) is 4.98 Å². The molecule has 13 heteroatoms. The van der Waals surface area contributed by atoms with Crippen LogP contribution in [-0.2, 0) is 6.18 Å². The summed E-state index contributed by atoms with van der Waals surface area (Å²) in [6.07, 6.45) is -3.82. The average Bonchev–Trinajstić information content (AvgIpc) is 2.67. The van der Waals surface area contributed by atoms with E-state index in [0.717, 1.165) is 25.3 Å². The summed E-state index contributed by atoms with van der Waals surface area (Å²) in [5.41, 5.74) is -3.39. The van der Waals surface area contributed by atoms with E-state index in [1.165, 1.54) is 6.92 Å². The molecule has 156 valence electrons. The Bertz CT molecular complexity index is 1180. The van der Waals surface area contributed by atoms with Gasteiger partial charge in [0.1, 0.15) is 5.56 Å². The molecule has 2 aromatic heterocycles. The molecule has 0 bridgehead atoms. The number of nitro groups is 1. The summed E-state index contributed by atoms with van der Waals surface area (Å²) in [5.74, 6) is -2.36. The second-order valence-corrected chi connectivity index (χ2v) is 6.24. The second kappa shape index (κ2) is 7.09. The highest BCUT2D eigenvalue weighted by Crippen LogP contribution is 2.40. The molecule has 0 aliphatic rings. The number of phenols is 2. The predicted molar refractivity (Wildman–Crippen MR) is 94.1 cm³/mol. The summed E-state index contributed by atoms with van der Waals surface area (Å²) in [6.45, 7) is 2.38. The van der Waals surface area contributed by atoms with Crippen molar-refractivity contribution in [1.82, 2.24) is 15.2 Å². The van der Waals surface area contributed by atoms with Crippen LogP contribution in [0.2, 0.25) is 0 Å². The van der Waals surface area contributed by atoms with Crippen molar-refractivity contribution in [2.45, 2.75) is 20.0 Å². The number of alkyl halides is 3. The van der Waals surface area contributed by atoms with Crippen LogP contribution in [0.1, 0.15) is 17.0 Å². The van der Waals surface area contributed by atoms with Crippen LogP contribution in [0.4, 0.5) is 18.9 Å². The van der Waals surface area contributed by atoms with Crippen molar-refractivity contribution >= 4 is 5.69 Å². The number of hydrogen-bond acceptors (Lipinski definition) is 8. The van der Waals surface area contributed by atoms with Crippen molar-refractivity contribution in [3.8, 4) is 34.1 Å². The topological polar surface area (TPSA) is 149 Å². The van der Waals surface area contributed by atoms with Gasteiger partial charge in [-0.05, 0) is 6.07 Å². The van der Waals surface area contributed by atoms with Gasteiger partial charge in [0, 0.05) is 31.5 Å². The Balaban J connectivity index is 2.26. The monoisotopic (exact) mass is 423 g/mol. The highest BCUT2D eigenvalue weighted by molar-refractivity contribution is 5.71. The Kier molecular flexibility index (Phi) is 4.89. The van der Waals surface area contributed by atoms with E-state index in [1.807, 2.05) is 0 Å². The van der Waals surface area contributed by atoms with E-state index >= 15 is 0 Å². The third-order valence-corrected chi connectivity index (χ3v) is 4.26. The molecule has 3 rings (SSSR count). The van der Waals surface area contributed by atoms with Gasteiger partial charge in [0.15, 0.2) is 17.3 Å². The largest absolute Gasteiger partial charge is 0.618 e. The van der Waals surface area contributed by atoms with Gasteiger partial charge >= 0.3 is 11.9 Å². The number of hydrogen-bond donors (Lipinski definition) is 2. The van der Waals surface area contributed by atoms with Crippen LogP contribution in [-0.4, -0.2) is 30.3 Å². The summed E-state index contributed by atoms with van der Waals surface area (Å²) in [5, 5.41) is 49.6.